The van der Waals surface area contributed by atoms with Crippen molar-refractivity contribution in [1.82, 2.24) is 10.2 Å². The summed E-state index contributed by atoms with van der Waals surface area (Å²) in [7, 11) is 0. The molecule has 2 heterocycles. The molecule has 2 amide bonds. The topological polar surface area (TPSA) is 95.9 Å². The summed E-state index contributed by atoms with van der Waals surface area (Å²) in [6.45, 7) is 3.52. The molecular formula is C13H20N2O5. The summed E-state index contributed by atoms with van der Waals surface area (Å²) in [5.41, 5.74) is -0.828. The molecule has 0 radical (unpaired) electrons. The molecule has 2 aliphatic heterocycles. The van der Waals surface area contributed by atoms with E-state index in [1.54, 1.807) is 4.90 Å². The van der Waals surface area contributed by atoms with Gasteiger partial charge in [-0.1, -0.05) is 0 Å². The van der Waals surface area contributed by atoms with E-state index in [2.05, 4.69) is 5.32 Å². The van der Waals surface area contributed by atoms with Crippen molar-refractivity contribution in [1.29, 1.82) is 0 Å². The maximum absolute atomic E-state index is 12.3. The zero-order chi connectivity index (χ0) is 14.8. The van der Waals surface area contributed by atoms with Crippen LogP contribution in [-0.4, -0.2) is 59.6 Å². The van der Waals surface area contributed by atoms with Crippen molar-refractivity contribution >= 4 is 17.8 Å². The number of carbonyl (C=O) groups excluding carboxylic acids is 2. The van der Waals surface area contributed by atoms with E-state index in [1.807, 2.05) is 6.92 Å². The molecule has 0 bridgehead atoms. The number of carboxylic acid groups (broad SMARTS) is 1. The first-order valence-corrected chi connectivity index (χ1v) is 6.85. The number of rotatable bonds is 5. The minimum atomic E-state index is -0.964. The van der Waals surface area contributed by atoms with Crippen LogP contribution in [0.2, 0.25) is 0 Å². The lowest BCUT2D eigenvalue weighted by Gasteiger charge is -2.28. The highest BCUT2D eigenvalue weighted by atomic mass is 16.5. The van der Waals surface area contributed by atoms with Crippen LogP contribution < -0.4 is 5.32 Å². The summed E-state index contributed by atoms with van der Waals surface area (Å²) in [6, 6.07) is 0. The number of aliphatic carboxylic acids is 1. The minimum Gasteiger partial charge on any atom is -0.481 e. The molecule has 2 saturated heterocycles. The van der Waals surface area contributed by atoms with E-state index in [0.717, 1.165) is 0 Å². The zero-order valence-electron chi connectivity index (χ0n) is 11.6. The zero-order valence-corrected chi connectivity index (χ0v) is 11.6. The van der Waals surface area contributed by atoms with Crippen molar-refractivity contribution in [3.05, 3.63) is 0 Å². The van der Waals surface area contributed by atoms with Gasteiger partial charge in [-0.3, -0.25) is 14.4 Å². The lowest BCUT2D eigenvalue weighted by atomic mass is 9.93. The van der Waals surface area contributed by atoms with E-state index in [1.165, 1.54) is 0 Å². The van der Waals surface area contributed by atoms with Gasteiger partial charge in [0.05, 0.1) is 24.5 Å². The van der Waals surface area contributed by atoms with E-state index in [-0.39, 0.29) is 31.3 Å². The molecule has 20 heavy (non-hydrogen) atoms. The molecule has 2 atom stereocenters. The van der Waals surface area contributed by atoms with Gasteiger partial charge in [0, 0.05) is 26.1 Å². The van der Waals surface area contributed by atoms with Crippen molar-refractivity contribution in [2.45, 2.75) is 31.7 Å². The Balaban J connectivity index is 1.99. The maximum Gasteiger partial charge on any atom is 0.305 e. The Bertz CT molecular complexity index is 417. The third kappa shape index (κ3) is 3.09. The van der Waals surface area contributed by atoms with E-state index in [4.69, 9.17) is 9.84 Å². The number of nitrogens with zero attached hydrogens (tertiary/aromatic N) is 1. The van der Waals surface area contributed by atoms with Crippen molar-refractivity contribution in [2.75, 3.05) is 26.3 Å². The second-order valence-corrected chi connectivity index (χ2v) is 5.48. The third-order valence-electron chi connectivity index (χ3n) is 3.95. The lowest BCUT2D eigenvalue weighted by Crippen LogP contribution is -2.52. The van der Waals surface area contributed by atoms with Crippen LogP contribution in [0.3, 0.4) is 0 Å². The first-order valence-electron chi connectivity index (χ1n) is 6.85. The van der Waals surface area contributed by atoms with E-state index >= 15 is 0 Å². The van der Waals surface area contributed by atoms with Crippen LogP contribution in [-0.2, 0) is 19.1 Å². The van der Waals surface area contributed by atoms with Gasteiger partial charge in [-0.15, -0.1) is 0 Å². The molecule has 7 nitrogen and oxygen atoms in total. The molecule has 0 aromatic rings. The Labute approximate surface area is 117 Å². The summed E-state index contributed by atoms with van der Waals surface area (Å²) in [4.78, 5) is 36.5. The predicted octanol–water partition coefficient (Wildman–Crippen LogP) is -0.395. The van der Waals surface area contributed by atoms with Gasteiger partial charge in [-0.25, -0.2) is 0 Å². The van der Waals surface area contributed by atoms with Crippen molar-refractivity contribution in [3.63, 3.8) is 0 Å². The van der Waals surface area contributed by atoms with E-state index < -0.39 is 17.4 Å². The summed E-state index contributed by atoms with van der Waals surface area (Å²) in [6.07, 6.45) is 0.532. The molecule has 2 fully saturated rings. The minimum absolute atomic E-state index is 0.0254. The molecule has 0 saturated carbocycles. The van der Waals surface area contributed by atoms with Crippen LogP contribution in [0.15, 0.2) is 0 Å². The second-order valence-electron chi connectivity index (χ2n) is 5.48. The molecule has 0 aliphatic carbocycles. The van der Waals surface area contributed by atoms with Crippen molar-refractivity contribution in [2.24, 2.45) is 5.92 Å². The summed E-state index contributed by atoms with van der Waals surface area (Å²) < 4.78 is 5.23. The number of nitrogens with one attached hydrogen (secondary N) is 1. The van der Waals surface area contributed by atoms with Gasteiger partial charge in [0.15, 0.2) is 0 Å². The molecule has 0 aromatic carbocycles. The van der Waals surface area contributed by atoms with Crippen molar-refractivity contribution in [3.8, 4) is 0 Å². The third-order valence-corrected chi connectivity index (χ3v) is 3.95. The molecule has 2 N–H and O–H groups in total. The maximum atomic E-state index is 12.3. The summed E-state index contributed by atoms with van der Waals surface area (Å²) in [5, 5.41) is 11.8. The Morgan fingerprint density at radius 3 is 2.80 bits per heavy atom. The van der Waals surface area contributed by atoms with E-state index in [0.29, 0.717) is 26.1 Å². The Morgan fingerprint density at radius 1 is 1.55 bits per heavy atom. The largest absolute Gasteiger partial charge is 0.481 e. The summed E-state index contributed by atoms with van der Waals surface area (Å²) >= 11 is 0. The fourth-order valence-corrected chi connectivity index (χ4v) is 2.80. The van der Waals surface area contributed by atoms with Gasteiger partial charge in [-0.2, -0.15) is 0 Å². The molecule has 0 spiro atoms. The number of carbonyl (C=O) groups is 3. The Hall–Kier alpha value is -1.63. The molecule has 7 heteroatoms. The molecule has 2 aliphatic rings. The second kappa shape index (κ2) is 5.78. The molecule has 0 aromatic heterocycles. The molecular weight excluding hydrogens is 264 g/mol. The monoisotopic (exact) mass is 284 g/mol. The SMILES string of the molecule is CCN1CC(C(=O)NC2(CC(=O)O)CCOC2)CC1=O. The quantitative estimate of drug-likeness (QED) is 0.716. The summed E-state index contributed by atoms with van der Waals surface area (Å²) in [5.74, 6) is -1.63. The van der Waals surface area contributed by atoms with E-state index in [9.17, 15) is 14.4 Å². The fraction of sp³-hybridized carbons (Fsp3) is 0.769. The van der Waals surface area contributed by atoms with Gasteiger partial charge in [0.2, 0.25) is 11.8 Å². The lowest BCUT2D eigenvalue weighted by molar-refractivity contribution is -0.139. The van der Waals surface area contributed by atoms with Gasteiger partial charge in [-0.05, 0) is 13.3 Å². The van der Waals surface area contributed by atoms with Crippen LogP contribution in [0.25, 0.3) is 0 Å². The first kappa shape index (κ1) is 14.8. The fourth-order valence-electron chi connectivity index (χ4n) is 2.80. The number of amides is 2. The molecule has 112 valence electrons. The number of carboxylic acids is 1. The normalized spacial score (nSPS) is 29.8. The Kier molecular flexibility index (Phi) is 4.27. The highest BCUT2D eigenvalue weighted by Gasteiger charge is 2.42. The smallest absolute Gasteiger partial charge is 0.305 e. The standard InChI is InChI=1S/C13H20N2O5/c1-2-15-7-9(5-10(15)16)12(19)14-13(6-11(17)18)3-4-20-8-13/h9H,2-8H2,1H3,(H,14,19)(H,17,18). The van der Waals surface area contributed by atoms with Gasteiger partial charge in [0.1, 0.15) is 0 Å². The first-order chi connectivity index (χ1) is 9.46. The van der Waals surface area contributed by atoms with Crippen LogP contribution in [0.4, 0.5) is 0 Å². The number of ether oxygens (including phenoxy) is 1. The average molecular weight is 284 g/mol. The van der Waals surface area contributed by atoms with Crippen molar-refractivity contribution < 1.29 is 24.2 Å². The average Bonchev–Trinajstić information content (AvgIpc) is 2.95. The number of hydrogen-bond donors (Lipinski definition) is 2. The van der Waals surface area contributed by atoms with Gasteiger partial charge in [0.25, 0.3) is 0 Å². The van der Waals surface area contributed by atoms with Gasteiger partial charge >= 0.3 is 5.97 Å². The predicted molar refractivity (Wildman–Crippen MR) is 68.9 cm³/mol. The van der Waals surface area contributed by atoms with Gasteiger partial charge < -0.3 is 20.1 Å². The molecule has 2 unspecified atom stereocenters. The Morgan fingerprint density at radius 2 is 2.30 bits per heavy atom. The number of hydrogen-bond acceptors (Lipinski definition) is 4. The number of likely N-dealkylation sites (tertiary alicyclic amines) is 1. The van der Waals surface area contributed by atoms with Crippen LogP contribution in [0.1, 0.15) is 26.2 Å². The molecule has 2 rings (SSSR count). The van der Waals surface area contributed by atoms with Crippen LogP contribution in [0.5, 0.6) is 0 Å². The van der Waals surface area contributed by atoms with Crippen LogP contribution in [0, 0.1) is 5.92 Å². The highest BCUT2D eigenvalue weighted by Crippen LogP contribution is 2.25. The van der Waals surface area contributed by atoms with Crippen LogP contribution >= 0.6 is 0 Å². The highest BCUT2D eigenvalue weighted by molar-refractivity contribution is 5.89.